The minimum Gasteiger partial charge on any atom is -0.459 e. The second-order valence-corrected chi connectivity index (χ2v) is 6.22. The van der Waals surface area contributed by atoms with Crippen molar-refractivity contribution >= 4 is 28.6 Å². The summed E-state index contributed by atoms with van der Waals surface area (Å²) in [6.07, 6.45) is 0. The van der Waals surface area contributed by atoms with Crippen molar-refractivity contribution in [2.24, 2.45) is 0 Å². The first kappa shape index (κ1) is 16.8. The lowest BCUT2D eigenvalue weighted by atomic mass is 10.2. The normalized spacial score (nSPS) is 10.7. The van der Waals surface area contributed by atoms with Gasteiger partial charge in [-0.25, -0.2) is 4.98 Å². The molecule has 0 fully saturated rings. The Kier molecular flexibility index (Phi) is 4.32. The lowest BCUT2D eigenvalue weighted by molar-refractivity contribution is -0.387. The smallest absolute Gasteiger partial charge is 0.306 e. The Balaban J connectivity index is 1.86. The topological polar surface area (TPSA) is 98.3 Å². The first-order chi connectivity index (χ1) is 11.8. The number of halogens is 1. The molecule has 0 aliphatic rings. The number of nitro benzene ring substituents is 1. The molecule has 2 aromatic heterocycles. The number of nitro groups is 1. The standard InChI is InChI=1S/C16H12FN3O4S/c1-8-3-6-13(24-8)16-18-9(2)14(25-16)15(21)19-10-4-5-11(17)12(7-10)20(22)23/h3-7H,1-2H3,(H,19,21). The van der Waals surface area contributed by atoms with Gasteiger partial charge in [0.25, 0.3) is 5.91 Å². The van der Waals surface area contributed by atoms with Crippen LogP contribution in [0.4, 0.5) is 15.8 Å². The van der Waals surface area contributed by atoms with Crippen molar-refractivity contribution in [3.63, 3.8) is 0 Å². The number of amides is 1. The summed E-state index contributed by atoms with van der Waals surface area (Å²) in [5.41, 5.74) is -0.0740. The Labute approximate surface area is 145 Å². The summed E-state index contributed by atoms with van der Waals surface area (Å²) in [5, 5.41) is 13.9. The van der Waals surface area contributed by atoms with E-state index in [1.165, 1.54) is 6.07 Å². The van der Waals surface area contributed by atoms with Gasteiger partial charge in [0, 0.05) is 11.8 Å². The number of thiazole rings is 1. The summed E-state index contributed by atoms with van der Waals surface area (Å²) in [6.45, 7) is 3.48. The van der Waals surface area contributed by atoms with Crippen LogP contribution in [0.15, 0.2) is 34.7 Å². The first-order valence-electron chi connectivity index (χ1n) is 7.14. The first-order valence-corrected chi connectivity index (χ1v) is 7.96. The summed E-state index contributed by atoms with van der Waals surface area (Å²) in [5.74, 6) is -0.160. The number of nitrogens with zero attached hydrogens (tertiary/aromatic N) is 2. The molecule has 0 saturated heterocycles. The van der Waals surface area contributed by atoms with Gasteiger partial charge in [-0.3, -0.25) is 14.9 Å². The van der Waals surface area contributed by atoms with Gasteiger partial charge in [0.2, 0.25) is 5.82 Å². The minimum atomic E-state index is -0.965. The molecule has 9 heteroatoms. The molecule has 3 rings (SSSR count). The van der Waals surface area contributed by atoms with Crippen LogP contribution in [0.2, 0.25) is 0 Å². The van der Waals surface area contributed by atoms with Crippen molar-refractivity contribution in [3.8, 4) is 10.8 Å². The fraction of sp³-hybridized carbons (Fsp3) is 0.125. The maximum Gasteiger partial charge on any atom is 0.306 e. The van der Waals surface area contributed by atoms with Crippen LogP contribution in [0, 0.1) is 29.8 Å². The Bertz CT molecular complexity index is 980. The highest BCUT2D eigenvalue weighted by Crippen LogP contribution is 2.30. The fourth-order valence-electron chi connectivity index (χ4n) is 2.18. The monoisotopic (exact) mass is 361 g/mol. The van der Waals surface area contributed by atoms with Crippen LogP contribution in [0.5, 0.6) is 0 Å². The van der Waals surface area contributed by atoms with Crippen LogP contribution >= 0.6 is 11.3 Å². The van der Waals surface area contributed by atoms with E-state index in [0.717, 1.165) is 29.2 Å². The fourth-order valence-corrected chi connectivity index (χ4v) is 3.10. The van der Waals surface area contributed by atoms with Crippen molar-refractivity contribution < 1.29 is 18.5 Å². The molecule has 3 aromatic rings. The Morgan fingerprint density at radius 1 is 1.32 bits per heavy atom. The second-order valence-electron chi connectivity index (χ2n) is 5.22. The number of anilines is 1. The Morgan fingerprint density at radius 3 is 2.72 bits per heavy atom. The van der Waals surface area contributed by atoms with Gasteiger partial charge in [-0.2, -0.15) is 4.39 Å². The summed E-state index contributed by atoms with van der Waals surface area (Å²) in [7, 11) is 0. The molecule has 0 radical (unpaired) electrons. The van der Waals surface area contributed by atoms with Gasteiger partial charge in [0.15, 0.2) is 10.8 Å². The molecule has 1 aromatic carbocycles. The molecule has 0 saturated carbocycles. The zero-order chi connectivity index (χ0) is 18.1. The third-order valence-electron chi connectivity index (χ3n) is 3.35. The Morgan fingerprint density at radius 2 is 2.08 bits per heavy atom. The number of carbonyl (C=O) groups is 1. The summed E-state index contributed by atoms with van der Waals surface area (Å²) < 4.78 is 18.9. The lowest BCUT2D eigenvalue weighted by Gasteiger charge is -2.04. The molecular formula is C16H12FN3O4S. The third-order valence-corrected chi connectivity index (χ3v) is 4.53. The molecule has 128 valence electrons. The van der Waals surface area contributed by atoms with Crippen molar-refractivity contribution in [1.29, 1.82) is 0 Å². The molecule has 1 amide bonds. The number of furan rings is 1. The molecular weight excluding hydrogens is 349 g/mol. The quantitative estimate of drug-likeness (QED) is 0.551. The highest BCUT2D eigenvalue weighted by molar-refractivity contribution is 7.17. The van der Waals surface area contributed by atoms with Gasteiger partial charge in [0.05, 0.1) is 10.6 Å². The zero-order valence-electron chi connectivity index (χ0n) is 13.2. The summed E-state index contributed by atoms with van der Waals surface area (Å²) >= 11 is 1.14. The lowest BCUT2D eigenvalue weighted by Crippen LogP contribution is -2.11. The van der Waals surface area contributed by atoms with Gasteiger partial charge in [0.1, 0.15) is 10.6 Å². The molecule has 0 atom stereocenters. The number of benzene rings is 1. The van der Waals surface area contributed by atoms with Crippen LogP contribution in [0.1, 0.15) is 21.1 Å². The molecule has 0 bridgehead atoms. The van der Waals surface area contributed by atoms with Crippen molar-refractivity contribution in [2.45, 2.75) is 13.8 Å². The number of nitrogens with one attached hydrogen (secondary N) is 1. The van der Waals surface area contributed by atoms with E-state index in [0.29, 0.717) is 21.3 Å². The number of hydrogen-bond acceptors (Lipinski definition) is 6. The molecule has 0 aliphatic carbocycles. The molecule has 25 heavy (non-hydrogen) atoms. The third kappa shape index (κ3) is 3.41. The molecule has 0 unspecified atom stereocenters. The van der Waals surface area contributed by atoms with E-state index in [1.807, 2.05) is 0 Å². The van der Waals surface area contributed by atoms with Gasteiger partial charge in [-0.15, -0.1) is 11.3 Å². The van der Waals surface area contributed by atoms with Crippen LogP contribution in [0.25, 0.3) is 10.8 Å². The number of carbonyl (C=O) groups excluding carboxylic acids is 1. The predicted molar refractivity (Wildman–Crippen MR) is 90.3 cm³/mol. The van der Waals surface area contributed by atoms with Crippen molar-refractivity contribution in [2.75, 3.05) is 5.32 Å². The van der Waals surface area contributed by atoms with Crippen LogP contribution < -0.4 is 5.32 Å². The summed E-state index contributed by atoms with van der Waals surface area (Å²) in [4.78, 5) is 27.0. The SMILES string of the molecule is Cc1ccc(-c2nc(C)c(C(=O)Nc3ccc(F)c([N+](=O)[O-])c3)s2)o1. The number of aryl methyl sites for hydroxylation is 2. The van der Waals surface area contributed by atoms with Gasteiger partial charge in [-0.1, -0.05) is 0 Å². The van der Waals surface area contributed by atoms with Gasteiger partial charge >= 0.3 is 5.69 Å². The number of rotatable bonds is 4. The highest BCUT2D eigenvalue weighted by atomic mass is 32.1. The maximum atomic E-state index is 13.4. The zero-order valence-corrected chi connectivity index (χ0v) is 14.0. The average molecular weight is 361 g/mol. The van der Waals surface area contributed by atoms with E-state index >= 15 is 0 Å². The molecule has 0 spiro atoms. The van der Waals surface area contributed by atoms with Crippen molar-refractivity contribution in [3.05, 3.63) is 62.6 Å². The maximum absolute atomic E-state index is 13.4. The molecule has 1 N–H and O–H groups in total. The van der Waals surface area contributed by atoms with Gasteiger partial charge < -0.3 is 9.73 Å². The Hall–Kier alpha value is -3.07. The van der Waals surface area contributed by atoms with Crippen LogP contribution in [-0.4, -0.2) is 15.8 Å². The predicted octanol–water partition coefficient (Wildman–Crippen LogP) is 4.32. The number of hydrogen-bond donors (Lipinski definition) is 1. The minimum absolute atomic E-state index is 0.126. The molecule has 7 nitrogen and oxygen atoms in total. The molecule has 2 heterocycles. The van der Waals surface area contributed by atoms with Crippen molar-refractivity contribution in [1.82, 2.24) is 4.98 Å². The van der Waals surface area contributed by atoms with E-state index in [9.17, 15) is 19.3 Å². The number of aromatic nitrogens is 1. The second kappa shape index (κ2) is 6.44. The highest BCUT2D eigenvalue weighted by Gasteiger charge is 2.20. The van der Waals surface area contributed by atoms with E-state index in [4.69, 9.17) is 4.42 Å². The van der Waals surface area contributed by atoms with E-state index in [2.05, 4.69) is 10.3 Å². The largest absolute Gasteiger partial charge is 0.459 e. The molecule has 0 aliphatic heterocycles. The van der Waals surface area contributed by atoms with E-state index in [-0.39, 0.29) is 5.69 Å². The summed E-state index contributed by atoms with van der Waals surface area (Å²) in [6, 6.07) is 6.72. The average Bonchev–Trinajstić information content (AvgIpc) is 3.14. The van der Waals surface area contributed by atoms with Gasteiger partial charge in [-0.05, 0) is 38.1 Å². The van der Waals surface area contributed by atoms with E-state index in [1.54, 1.807) is 26.0 Å². The van der Waals surface area contributed by atoms with Crippen LogP contribution in [-0.2, 0) is 0 Å². The van der Waals surface area contributed by atoms with E-state index < -0.39 is 22.3 Å². The van der Waals surface area contributed by atoms with Crippen LogP contribution in [0.3, 0.4) is 0 Å².